The summed E-state index contributed by atoms with van der Waals surface area (Å²) >= 11 is 2.02. The van der Waals surface area contributed by atoms with Gasteiger partial charge in [-0.25, -0.2) is 0 Å². The zero-order chi connectivity index (χ0) is 12.9. The van der Waals surface area contributed by atoms with Crippen molar-refractivity contribution in [2.75, 3.05) is 12.4 Å². The quantitative estimate of drug-likeness (QED) is 0.623. The highest BCUT2D eigenvalue weighted by Gasteiger charge is 2.62. The second-order valence-corrected chi connectivity index (χ2v) is 13.4. The molecule has 2 heterocycles. The molecule has 0 aromatic carbocycles. The van der Waals surface area contributed by atoms with Crippen LogP contribution < -0.4 is 0 Å². The van der Waals surface area contributed by atoms with E-state index in [1.165, 1.54) is 12.2 Å². The molecule has 0 N–H and O–H groups in total. The van der Waals surface area contributed by atoms with Crippen molar-refractivity contribution in [2.45, 2.75) is 69.4 Å². The highest BCUT2D eigenvalue weighted by Crippen LogP contribution is 2.55. The van der Waals surface area contributed by atoms with Crippen LogP contribution in [0.5, 0.6) is 0 Å². The van der Waals surface area contributed by atoms with E-state index < -0.39 is 8.56 Å². The van der Waals surface area contributed by atoms with Crippen LogP contribution in [0, 0.1) is 0 Å². The van der Waals surface area contributed by atoms with Gasteiger partial charge in [-0.15, -0.1) is 0 Å². The molecule has 0 aromatic rings. The first-order valence-corrected chi connectivity index (χ1v) is 9.47. The minimum Gasteiger partial charge on any atom is -0.392 e. The number of hydrogen-bond donors (Lipinski definition) is 0. The number of hydrogen-bond acceptors (Lipinski definition) is 3. The SMILES string of the molecule is CC(C)(C)[Si]1(C(C)(C)C)OC[C@H]2SCC[C@@H]2O1. The Hall–Kier alpha value is 0.487. The predicted molar refractivity (Wildman–Crippen MR) is 76.9 cm³/mol. The van der Waals surface area contributed by atoms with E-state index in [9.17, 15) is 0 Å². The summed E-state index contributed by atoms with van der Waals surface area (Å²) in [5.74, 6) is 1.23. The standard InChI is InChI=1S/C13H26O2SSi/c1-12(2,3)17(13(4,5)6)14-9-11-10(15-17)7-8-16-11/h10-11H,7-9H2,1-6H3/t10-,11+/m0/s1. The second-order valence-electron chi connectivity index (χ2n) is 7.28. The second kappa shape index (κ2) is 4.25. The molecular formula is C13H26O2SSi. The van der Waals surface area contributed by atoms with Crippen molar-refractivity contribution in [1.29, 1.82) is 0 Å². The summed E-state index contributed by atoms with van der Waals surface area (Å²) < 4.78 is 13.0. The van der Waals surface area contributed by atoms with Crippen molar-refractivity contribution in [2.24, 2.45) is 0 Å². The highest BCUT2D eigenvalue weighted by molar-refractivity contribution is 8.00. The first-order chi connectivity index (χ1) is 7.67. The van der Waals surface area contributed by atoms with E-state index >= 15 is 0 Å². The van der Waals surface area contributed by atoms with E-state index in [0.29, 0.717) is 11.4 Å². The van der Waals surface area contributed by atoms with Crippen LogP contribution in [0.15, 0.2) is 0 Å². The summed E-state index contributed by atoms with van der Waals surface area (Å²) in [7, 11) is -2.19. The van der Waals surface area contributed by atoms with Gasteiger partial charge in [0.1, 0.15) is 0 Å². The van der Waals surface area contributed by atoms with E-state index in [1.54, 1.807) is 0 Å². The van der Waals surface area contributed by atoms with Gasteiger partial charge in [0.25, 0.3) is 0 Å². The van der Waals surface area contributed by atoms with Crippen molar-refractivity contribution < 1.29 is 8.85 Å². The van der Waals surface area contributed by atoms with Crippen molar-refractivity contribution in [3.05, 3.63) is 0 Å². The molecule has 2 nitrogen and oxygen atoms in total. The van der Waals surface area contributed by atoms with Gasteiger partial charge >= 0.3 is 8.56 Å². The molecule has 0 saturated carbocycles. The van der Waals surface area contributed by atoms with Gasteiger partial charge in [-0.1, -0.05) is 41.5 Å². The van der Waals surface area contributed by atoms with Crippen molar-refractivity contribution in [3.8, 4) is 0 Å². The van der Waals surface area contributed by atoms with Crippen LogP contribution in [-0.2, 0) is 8.85 Å². The van der Waals surface area contributed by atoms with Crippen LogP contribution >= 0.6 is 11.8 Å². The molecular weight excluding hydrogens is 248 g/mol. The molecule has 2 saturated heterocycles. The van der Waals surface area contributed by atoms with E-state index in [1.807, 2.05) is 11.8 Å². The molecule has 0 amide bonds. The van der Waals surface area contributed by atoms with Gasteiger partial charge in [0, 0.05) is 10.1 Å². The summed E-state index contributed by atoms with van der Waals surface area (Å²) in [6.45, 7) is 14.6. The predicted octanol–water partition coefficient (Wildman–Crippen LogP) is 3.95. The lowest BCUT2D eigenvalue weighted by molar-refractivity contribution is 0.0293. The summed E-state index contributed by atoms with van der Waals surface area (Å²) in [5.41, 5.74) is 0. The van der Waals surface area contributed by atoms with Crippen LogP contribution in [0.2, 0.25) is 10.1 Å². The lowest BCUT2D eigenvalue weighted by atomic mass is 10.2. The topological polar surface area (TPSA) is 18.5 Å². The van der Waals surface area contributed by atoms with Crippen molar-refractivity contribution in [1.82, 2.24) is 0 Å². The first-order valence-electron chi connectivity index (χ1n) is 6.61. The third-order valence-electron chi connectivity index (χ3n) is 3.89. The Morgan fingerprint density at radius 3 is 2.18 bits per heavy atom. The third-order valence-corrected chi connectivity index (χ3v) is 10.4. The minimum atomic E-state index is -2.19. The largest absolute Gasteiger partial charge is 0.392 e. The normalized spacial score (nSPS) is 33.5. The molecule has 2 fully saturated rings. The van der Waals surface area contributed by atoms with E-state index in [2.05, 4.69) is 41.5 Å². The molecule has 0 spiro atoms. The first kappa shape index (κ1) is 13.9. The molecule has 0 aliphatic carbocycles. The molecule has 2 aliphatic heterocycles. The van der Waals surface area contributed by atoms with Gasteiger partial charge in [-0.2, -0.15) is 11.8 Å². The Morgan fingerprint density at radius 1 is 1.06 bits per heavy atom. The maximum absolute atomic E-state index is 6.62. The van der Waals surface area contributed by atoms with Gasteiger partial charge in [0.05, 0.1) is 18.0 Å². The molecule has 2 rings (SSSR count). The van der Waals surface area contributed by atoms with Gasteiger partial charge in [0.15, 0.2) is 0 Å². The van der Waals surface area contributed by atoms with Gasteiger partial charge in [0.2, 0.25) is 0 Å². The highest BCUT2D eigenvalue weighted by atomic mass is 32.2. The van der Waals surface area contributed by atoms with Crippen molar-refractivity contribution >= 4 is 20.3 Å². The van der Waals surface area contributed by atoms with Gasteiger partial charge in [-0.05, 0) is 12.2 Å². The van der Waals surface area contributed by atoms with Gasteiger partial charge in [-0.3, -0.25) is 0 Å². The zero-order valence-electron chi connectivity index (χ0n) is 12.0. The third kappa shape index (κ3) is 2.22. The van der Waals surface area contributed by atoms with Crippen LogP contribution in [0.3, 0.4) is 0 Å². The maximum atomic E-state index is 6.62. The van der Waals surface area contributed by atoms with Crippen LogP contribution in [-0.4, -0.2) is 32.3 Å². The summed E-state index contributed by atoms with van der Waals surface area (Å²) in [6.07, 6.45) is 1.65. The Labute approximate surface area is 111 Å². The summed E-state index contributed by atoms with van der Waals surface area (Å²) in [5, 5.41) is 0.841. The molecule has 0 radical (unpaired) electrons. The van der Waals surface area contributed by atoms with E-state index in [4.69, 9.17) is 8.85 Å². The number of rotatable bonds is 0. The number of fused-ring (bicyclic) bond motifs is 1. The smallest absolute Gasteiger partial charge is 0.349 e. The lowest BCUT2D eigenvalue weighted by Crippen LogP contribution is -2.63. The molecule has 2 aliphatic rings. The molecule has 17 heavy (non-hydrogen) atoms. The van der Waals surface area contributed by atoms with Crippen LogP contribution in [0.1, 0.15) is 48.0 Å². The molecule has 4 heteroatoms. The van der Waals surface area contributed by atoms with Crippen molar-refractivity contribution in [3.63, 3.8) is 0 Å². The maximum Gasteiger partial charge on any atom is 0.349 e. The molecule has 0 aromatic heterocycles. The van der Waals surface area contributed by atoms with E-state index in [-0.39, 0.29) is 10.1 Å². The Kier molecular flexibility index (Phi) is 3.48. The fourth-order valence-electron chi connectivity index (χ4n) is 3.28. The fourth-order valence-corrected chi connectivity index (χ4v) is 9.75. The Morgan fingerprint density at radius 2 is 1.65 bits per heavy atom. The number of thioether (sulfide) groups is 1. The van der Waals surface area contributed by atoms with Gasteiger partial charge < -0.3 is 8.85 Å². The Balaban J connectivity index is 2.30. The lowest BCUT2D eigenvalue weighted by Gasteiger charge is -2.53. The summed E-state index contributed by atoms with van der Waals surface area (Å²) in [4.78, 5) is 0. The fraction of sp³-hybridized carbons (Fsp3) is 1.00. The average molecular weight is 275 g/mol. The molecule has 2 atom stereocenters. The average Bonchev–Trinajstić information content (AvgIpc) is 2.59. The van der Waals surface area contributed by atoms with Crippen LogP contribution in [0.25, 0.3) is 0 Å². The monoisotopic (exact) mass is 274 g/mol. The Bertz CT molecular complexity index is 279. The molecule has 100 valence electrons. The molecule has 0 unspecified atom stereocenters. The zero-order valence-corrected chi connectivity index (χ0v) is 13.8. The van der Waals surface area contributed by atoms with E-state index in [0.717, 1.165) is 6.61 Å². The summed E-state index contributed by atoms with van der Waals surface area (Å²) in [6, 6.07) is 0. The molecule has 0 bridgehead atoms. The van der Waals surface area contributed by atoms with Crippen LogP contribution in [0.4, 0.5) is 0 Å². The minimum absolute atomic E-state index is 0.128.